The number of amidine groups is 1. The van der Waals surface area contributed by atoms with Gasteiger partial charge in [0.1, 0.15) is 5.75 Å². The van der Waals surface area contributed by atoms with Crippen LogP contribution in [-0.4, -0.2) is 16.2 Å². The highest BCUT2D eigenvalue weighted by Crippen LogP contribution is 2.33. The Morgan fingerprint density at radius 3 is 2.64 bits per heavy atom. The summed E-state index contributed by atoms with van der Waals surface area (Å²) in [6.45, 7) is 1.89. The number of nitrogens with one attached hydrogen (secondary N) is 1. The number of phenols is 1. The van der Waals surface area contributed by atoms with E-state index in [1.165, 1.54) is 11.8 Å². The second kappa shape index (κ2) is 7.85. The molecule has 0 saturated carbocycles. The van der Waals surface area contributed by atoms with Crippen molar-refractivity contribution in [3.05, 3.63) is 58.5 Å². The quantitative estimate of drug-likeness (QED) is 0.358. The van der Waals surface area contributed by atoms with Gasteiger partial charge < -0.3 is 10.4 Å². The van der Waals surface area contributed by atoms with Crippen molar-refractivity contribution in [3.63, 3.8) is 0 Å². The lowest BCUT2D eigenvalue weighted by Gasteiger charge is -2.03. The first-order valence-electron chi connectivity index (χ1n) is 7.08. The third-order valence-corrected chi connectivity index (χ3v) is 6.41. The van der Waals surface area contributed by atoms with Crippen LogP contribution in [0.15, 0.2) is 40.2 Å². The van der Waals surface area contributed by atoms with Crippen molar-refractivity contribution in [2.45, 2.75) is 6.92 Å². The van der Waals surface area contributed by atoms with Gasteiger partial charge in [0.25, 0.3) is 5.91 Å². The van der Waals surface area contributed by atoms with Gasteiger partial charge in [-0.1, -0.05) is 17.7 Å². The Labute approximate surface area is 181 Å². The lowest BCUT2D eigenvalue weighted by atomic mass is 10.2. The van der Waals surface area contributed by atoms with Crippen LogP contribution < -0.4 is 5.32 Å². The van der Waals surface area contributed by atoms with E-state index in [-0.39, 0.29) is 11.7 Å². The molecule has 0 bridgehead atoms. The third-order valence-electron chi connectivity index (χ3n) is 3.45. The smallest absolute Gasteiger partial charge is 0.264 e. The SMILES string of the molecule is Cc1c(Cl)cccc1N=C1NC(=O)/C(=C/c2cc(I)c(O)c(I)c2)S1. The van der Waals surface area contributed by atoms with Gasteiger partial charge in [-0.3, -0.25) is 4.79 Å². The molecule has 1 fully saturated rings. The van der Waals surface area contributed by atoms with Crippen LogP contribution in [-0.2, 0) is 4.79 Å². The predicted octanol–water partition coefficient (Wildman–Crippen LogP) is 5.45. The van der Waals surface area contributed by atoms with E-state index < -0.39 is 0 Å². The summed E-state index contributed by atoms with van der Waals surface area (Å²) < 4.78 is 1.48. The number of aliphatic imine (C=N–C) groups is 1. The molecular formula is C17H11ClI2N2O2S. The molecule has 25 heavy (non-hydrogen) atoms. The fourth-order valence-electron chi connectivity index (χ4n) is 2.13. The molecule has 0 unspecified atom stereocenters. The number of amides is 1. The van der Waals surface area contributed by atoms with Crippen LogP contribution in [0.2, 0.25) is 5.02 Å². The lowest BCUT2D eigenvalue weighted by Crippen LogP contribution is -2.19. The Morgan fingerprint density at radius 1 is 1.28 bits per heavy atom. The van der Waals surface area contributed by atoms with Crippen LogP contribution in [0.4, 0.5) is 5.69 Å². The molecule has 2 aromatic carbocycles. The summed E-state index contributed by atoms with van der Waals surface area (Å²) in [6, 6.07) is 9.14. The predicted molar refractivity (Wildman–Crippen MR) is 121 cm³/mol. The van der Waals surface area contributed by atoms with E-state index in [1.807, 2.05) is 31.2 Å². The Morgan fingerprint density at radius 2 is 1.96 bits per heavy atom. The zero-order valence-electron chi connectivity index (χ0n) is 12.8. The standard InChI is InChI=1S/C17H11ClI2N2O2S/c1-8-10(18)3-2-4-13(8)21-17-22-16(24)14(25-17)7-9-5-11(19)15(23)12(20)6-9/h2-7,23H,1H3,(H,21,22,24)/b14-7-. The summed E-state index contributed by atoms with van der Waals surface area (Å²) in [7, 11) is 0. The minimum atomic E-state index is -0.193. The number of hydrogen-bond donors (Lipinski definition) is 2. The van der Waals surface area contributed by atoms with Crippen molar-refractivity contribution >= 4 is 91.4 Å². The van der Waals surface area contributed by atoms with Gasteiger partial charge in [0.2, 0.25) is 0 Å². The van der Waals surface area contributed by atoms with Gasteiger partial charge in [0, 0.05) is 5.02 Å². The van der Waals surface area contributed by atoms with Crippen molar-refractivity contribution in [2.75, 3.05) is 0 Å². The molecule has 0 spiro atoms. The van der Waals surface area contributed by atoms with Gasteiger partial charge in [-0.05, 0) is 105 Å². The van der Waals surface area contributed by atoms with E-state index in [0.29, 0.717) is 15.1 Å². The second-order valence-corrected chi connectivity index (χ2v) is 8.96. The van der Waals surface area contributed by atoms with Crippen LogP contribution in [0.5, 0.6) is 5.75 Å². The molecule has 0 atom stereocenters. The Hall–Kier alpha value is -0.780. The lowest BCUT2D eigenvalue weighted by molar-refractivity contribution is -0.115. The number of hydrogen-bond acceptors (Lipinski definition) is 4. The van der Waals surface area contributed by atoms with Crippen LogP contribution in [0.25, 0.3) is 6.08 Å². The Kier molecular flexibility index (Phi) is 5.96. The number of halogens is 3. The Balaban J connectivity index is 1.90. The molecule has 2 N–H and O–H groups in total. The molecule has 4 nitrogen and oxygen atoms in total. The molecule has 1 amide bonds. The monoisotopic (exact) mass is 596 g/mol. The van der Waals surface area contributed by atoms with Gasteiger partial charge in [-0.15, -0.1) is 0 Å². The van der Waals surface area contributed by atoms with Gasteiger partial charge in [0.05, 0.1) is 17.7 Å². The minimum absolute atomic E-state index is 0.193. The number of carbonyl (C=O) groups is 1. The summed E-state index contributed by atoms with van der Waals surface area (Å²) in [6.07, 6.45) is 1.79. The number of benzene rings is 2. The van der Waals surface area contributed by atoms with Crippen LogP contribution >= 0.6 is 68.5 Å². The fourth-order valence-corrected chi connectivity index (χ4v) is 4.95. The zero-order valence-corrected chi connectivity index (χ0v) is 18.7. The molecule has 0 aromatic heterocycles. The molecule has 0 radical (unpaired) electrons. The van der Waals surface area contributed by atoms with Gasteiger partial charge >= 0.3 is 0 Å². The molecule has 1 aliphatic heterocycles. The first-order valence-corrected chi connectivity index (χ1v) is 10.4. The first kappa shape index (κ1) is 19.0. The molecular weight excluding hydrogens is 586 g/mol. The second-order valence-electron chi connectivity index (χ2n) is 5.20. The van der Waals surface area contributed by atoms with Crippen molar-refractivity contribution in [1.82, 2.24) is 5.32 Å². The number of carbonyl (C=O) groups excluding carboxylic acids is 1. The summed E-state index contributed by atoms with van der Waals surface area (Å²) in [4.78, 5) is 17.2. The highest BCUT2D eigenvalue weighted by Gasteiger charge is 2.24. The highest BCUT2D eigenvalue weighted by atomic mass is 127. The normalized spacial score (nSPS) is 17.4. The van der Waals surface area contributed by atoms with Gasteiger partial charge in [0.15, 0.2) is 5.17 Å². The van der Waals surface area contributed by atoms with E-state index in [2.05, 4.69) is 55.5 Å². The van der Waals surface area contributed by atoms with Crippen LogP contribution in [0.1, 0.15) is 11.1 Å². The van der Waals surface area contributed by atoms with E-state index in [9.17, 15) is 9.90 Å². The molecule has 2 aromatic rings. The number of aromatic hydroxyl groups is 1. The van der Waals surface area contributed by atoms with Crippen molar-refractivity contribution in [2.24, 2.45) is 4.99 Å². The van der Waals surface area contributed by atoms with Crippen molar-refractivity contribution in [3.8, 4) is 5.75 Å². The average Bonchev–Trinajstić information content (AvgIpc) is 2.89. The molecule has 0 aliphatic carbocycles. The molecule has 3 rings (SSSR count). The molecule has 128 valence electrons. The highest BCUT2D eigenvalue weighted by molar-refractivity contribution is 14.1. The molecule has 1 aliphatic rings. The largest absolute Gasteiger partial charge is 0.506 e. The first-order chi connectivity index (χ1) is 11.8. The summed E-state index contributed by atoms with van der Waals surface area (Å²) in [5, 5.41) is 13.8. The maximum absolute atomic E-state index is 12.2. The van der Waals surface area contributed by atoms with E-state index >= 15 is 0 Å². The maximum Gasteiger partial charge on any atom is 0.264 e. The molecule has 1 heterocycles. The average molecular weight is 597 g/mol. The third kappa shape index (κ3) is 4.32. The van der Waals surface area contributed by atoms with Crippen LogP contribution in [0.3, 0.4) is 0 Å². The molecule has 1 saturated heterocycles. The molecule has 8 heteroatoms. The van der Waals surface area contributed by atoms with E-state index in [0.717, 1.165) is 24.0 Å². The Bertz CT molecular complexity index is 921. The zero-order chi connectivity index (χ0) is 18.1. The maximum atomic E-state index is 12.2. The topological polar surface area (TPSA) is 61.7 Å². The number of thioether (sulfide) groups is 1. The van der Waals surface area contributed by atoms with E-state index in [4.69, 9.17) is 11.6 Å². The summed E-state index contributed by atoms with van der Waals surface area (Å²) in [5.74, 6) is 0.0621. The fraction of sp³-hybridized carbons (Fsp3) is 0.0588. The number of phenolic OH excluding ortho intramolecular Hbond substituents is 1. The number of rotatable bonds is 2. The number of nitrogens with zero attached hydrogens (tertiary/aromatic N) is 1. The van der Waals surface area contributed by atoms with E-state index in [1.54, 1.807) is 12.1 Å². The minimum Gasteiger partial charge on any atom is -0.506 e. The van der Waals surface area contributed by atoms with Gasteiger partial charge in [-0.2, -0.15) is 0 Å². The summed E-state index contributed by atoms with van der Waals surface area (Å²) in [5.41, 5.74) is 2.45. The van der Waals surface area contributed by atoms with Crippen LogP contribution in [0, 0.1) is 14.1 Å². The van der Waals surface area contributed by atoms with Crippen molar-refractivity contribution in [1.29, 1.82) is 0 Å². The van der Waals surface area contributed by atoms with Gasteiger partial charge in [-0.25, -0.2) is 4.99 Å². The summed E-state index contributed by atoms with van der Waals surface area (Å²) >= 11 is 11.5. The van der Waals surface area contributed by atoms with Crippen molar-refractivity contribution < 1.29 is 9.90 Å².